The van der Waals surface area contributed by atoms with Gasteiger partial charge in [-0.2, -0.15) is 15.0 Å². The third-order valence-electron chi connectivity index (χ3n) is 3.30. The zero-order valence-electron chi connectivity index (χ0n) is 12.2. The van der Waals surface area contributed by atoms with Crippen LogP contribution in [0.1, 0.15) is 22.0 Å². The molecule has 1 aliphatic rings. The molecule has 0 saturated carbocycles. The van der Waals surface area contributed by atoms with Gasteiger partial charge in [0.1, 0.15) is 12.2 Å². The number of fused-ring (bicyclic) bond motifs is 1. The molecule has 0 aromatic carbocycles. The first kappa shape index (κ1) is 14.7. The first-order valence-corrected chi connectivity index (χ1v) is 6.78. The van der Waals surface area contributed by atoms with Gasteiger partial charge in [0.25, 0.3) is 5.91 Å². The standard InChI is InChI=1S/C12H14N8O3/c1-19-16-3-7(18-19)2-14-12(23)11-17-10(15-6-21)8-4-13-9(22)5-20(8)11/h3,6H,2,4-5H2,1H3,(H,13,22)(H,14,23)(H,15,21). The van der Waals surface area contributed by atoms with Crippen LogP contribution >= 0.6 is 0 Å². The molecule has 11 nitrogen and oxygen atoms in total. The van der Waals surface area contributed by atoms with Crippen molar-refractivity contribution >= 4 is 24.0 Å². The summed E-state index contributed by atoms with van der Waals surface area (Å²) in [5.74, 6) is -0.381. The second-order valence-corrected chi connectivity index (χ2v) is 4.86. The molecule has 1 aliphatic heterocycles. The van der Waals surface area contributed by atoms with E-state index < -0.39 is 5.91 Å². The fourth-order valence-corrected chi connectivity index (χ4v) is 2.28. The van der Waals surface area contributed by atoms with Crippen LogP contribution in [0.4, 0.5) is 5.82 Å². The number of imidazole rings is 1. The number of anilines is 1. The predicted molar refractivity (Wildman–Crippen MR) is 75.9 cm³/mol. The van der Waals surface area contributed by atoms with Gasteiger partial charge < -0.3 is 20.5 Å². The first-order valence-electron chi connectivity index (χ1n) is 6.78. The number of hydrogen-bond acceptors (Lipinski definition) is 6. The zero-order chi connectivity index (χ0) is 16.4. The van der Waals surface area contributed by atoms with Crippen LogP contribution in [0, 0.1) is 0 Å². The van der Waals surface area contributed by atoms with Crippen LogP contribution in [-0.4, -0.2) is 42.8 Å². The third-order valence-corrected chi connectivity index (χ3v) is 3.30. The lowest BCUT2D eigenvalue weighted by atomic mass is 10.3. The molecule has 3 N–H and O–H groups in total. The number of aryl methyl sites for hydroxylation is 1. The maximum Gasteiger partial charge on any atom is 0.287 e. The molecule has 120 valence electrons. The van der Waals surface area contributed by atoms with Gasteiger partial charge in [-0.15, -0.1) is 0 Å². The van der Waals surface area contributed by atoms with Crippen LogP contribution in [0.25, 0.3) is 0 Å². The molecule has 0 spiro atoms. The minimum atomic E-state index is -0.467. The monoisotopic (exact) mass is 318 g/mol. The van der Waals surface area contributed by atoms with Crippen LogP contribution < -0.4 is 16.0 Å². The molecule has 23 heavy (non-hydrogen) atoms. The van der Waals surface area contributed by atoms with Crippen molar-refractivity contribution in [2.75, 3.05) is 5.32 Å². The molecule has 0 aliphatic carbocycles. The molecule has 0 radical (unpaired) electrons. The van der Waals surface area contributed by atoms with Crippen molar-refractivity contribution in [3.63, 3.8) is 0 Å². The second kappa shape index (κ2) is 5.87. The molecule has 0 unspecified atom stereocenters. The topological polar surface area (TPSA) is 136 Å². The summed E-state index contributed by atoms with van der Waals surface area (Å²) in [7, 11) is 1.67. The Balaban J connectivity index is 1.81. The number of amides is 3. The Morgan fingerprint density at radius 3 is 3.04 bits per heavy atom. The lowest BCUT2D eigenvalue weighted by Crippen LogP contribution is -2.36. The van der Waals surface area contributed by atoms with Gasteiger partial charge >= 0.3 is 0 Å². The lowest BCUT2D eigenvalue weighted by molar-refractivity contribution is -0.122. The summed E-state index contributed by atoms with van der Waals surface area (Å²) >= 11 is 0. The quantitative estimate of drug-likeness (QED) is 0.553. The number of nitrogens with one attached hydrogen (secondary N) is 3. The van der Waals surface area contributed by atoms with E-state index in [0.717, 1.165) is 0 Å². The van der Waals surface area contributed by atoms with E-state index in [9.17, 15) is 14.4 Å². The molecular weight excluding hydrogens is 304 g/mol. The SMILES string of the molecule is Cn1ncc(CNC(=O)c2nc(NC=O)c3n2CC(=O)NC3)n1. The summed E-state index contributed by atoms with van der Waals surface area (Å²) < 4.78 is 1.48. The van der Waals surface area contributed by atoms with Crippen molar-refractivity contribution in [1.29, 1.82) is 0 Å². The van der Waals surface area contributed by atoms with Crippen molar-refractivity contribution < 1.29 is 14.4 Å². The Morgan fingerprint density at radius 1 is 1.52 bits per heavy atom. The van der Waals surface area contributed by atoms with Crippen LogP contribution in [0.5, 0.6) is 0 Å². The smallest absolute Gasteiger partial charge is 0.287 e. The molecule has 0 atom stereocenters. The van der Waals surface area contributed by atoms with Gasteiger partial charge in [0, 0.05) is 7.05 Å². The Kier molecular flexibility index (Phi) is 3.75. The predicted octanol–water partition coefficient (Wildman–Crippen LogP) is -1.86. The normalized spacial score (nSPS) is 13.2. The van der Waals surface area contributed by atoms with E-state index in [1.165, 1.54) is 15.6 Å². The Bertz CT molecular complexity index is 777. The zero-order valence-corrected chi connectivity index (χ0v) is 12.2. The highest BCUT2D eigenvalue weighted by Gasteiger charge is 2.26. The summed E-state index contributed by atoms with van der Waals surface area (Å²) in [6.45, 7) is 0.341. The van der Waals surface area contributed by atoms with Gasteiger partial charge in [-0.3, -0.25) is 14.4 Å². The highest BCUT2D eigenvalue weighted by Crippen LogP contribution is 2.19. The molecule has 2 aromatic heterocycles. The average molecular weight is 318 g/mol. The molecule has 0 fully saturated rings. The fourth-order valence-electron chi connectivity index (χ4n) is 2.28. The summed E-state index contributed by atoms with van der Waals surface area (Å²) in [5.41, 5.74) is 1.16. The molecule has 3 amide bonds. The highest BCUT2D eigenvalue weighted by atomic mass is 16.2. The van der Waals surface area contributed by atoms with Crippen molar-refractivity contribution in [2.45, 2.75) is 19.6 Å². The number of nitrogens with zero attached hydrogens (tertiary/aromatic N) is 5. The fraction of sp³-hybridized carbons (Fsp3) is 0.333. The van der Waals surface area contributed by atoms with Crippen LogP contribution in [0.3, 0.4) is 0 Å². The maximum absolute atomic E-state index is 12.3. The molecular formula is C12H14N8O3. The number of hydrogen-bond donors (Lipinski definition) is 3. The van der Waals surface area contributed by atoms with Crippen molar-refractivity contribution in [2.24, 2.45) is 7.05 Å². The molecule has 3 rings (SSSR count). The number of rotatable bonds is 5. The maximum atomic E-state index is 12.3. The van der Waals surface area contributed by atoms with E-state index in [1.807, 2.05) is 0 Å². The van der Waals surface area contributed by atoms with Crippen LogP contribution in [-0.2, 0) is 36.3 Å². The Morgan fingerprint density at radius 2 is 2.35 bits per heavy atom. The second-order valence-electron chi connectivity index (χ2n) is 4.86. The highest BCUT2D eigenvalue weighted by molar-refractivity contribution is 5.93. The van der Waals surface area contributed by atoms with E-state index in [1.54, 1.807) is 7.05 Å². The molecule has 2 aromatic rings. The van der Waals surface area contributed by atoms with Gasteiger partial charge in [0.15, 0.2) is 5.82 Å². The summed E-state index contributed by atoms with van der Waals surface area (Å²) in [4.78, 5) is 40.0. The summed E-state index contributed by atoms with van der Waals surface area (Å²) in [5, 5.41) is 15.7. The lowest BCUT2D eigenvalue weighted by Gasteiger charge is -2.17. The largest absolute Gasteiger partial charge is 0.349 e. The summed E-state index contributed by atoms with van der Waals surface area (Å²) in [6, 6.07) is 0. The van der Waals surface area contributed by atoms with Gasteiger partial charge in [0.2, 0.25) is 18.1 Å². The number of carbonyl (C=O) groups excluding carboxylic acids is 3. The van der Waals surface area contributed by atoms with Gasteiger partial charge in [0.05, 0.1) is 25.0 Å². The average Bonchev–Trinajstić information content (AvgIpc) is 3.09. The van der Waals surface area contributed by atoms with Gasteiger partial charge in [-0.05, 0) is 0 Å². The van der Waals surface area contributed by atoms with Crippen LogP contribution in [0.2, 0.25) is 0 Å². The third kappa shape index (κ3) is 2.88. The summed E-state index contributed by atoms with van der Waals surface area (Å²) in [6.07, 6.45) is 2.01. The van der Waals surface area contributed by atoms with Crippen LogP contribution in [0.15, 0.2) is 6.20 Å². The van der Waals surface area contributed by atoms with Gasteiger partial charge in [-0.1, -0.05) is 0 Å². The molecule has 0 saturated heterocycles. The minimum Gasteiger partial charge on any atom is -0.349 e. The number of carbonyl (C=O) groups is 3. The minimum absolute atomic E-state index is 0.0310. The molecule has 11 heteroatoms. The van der Waals surface area contributed by atoms with E-state index in [2.05, 4.69) is 31.1 Å². The Hall–Kier alpha value is -3.24. The Labute approximate surface area is 130 Å². The first-order chi connectivity index (χ1) is 11.1. The van der Waals surface area contributed by atoms with Crippen molar-refractivity contribution in [1.82, 2.24) is 35.2 Å². The van der Waals surface area contributed by atoms with Crippen molar-refractivity contribution in [3.8, 4) is 0 Å². The molecule has 3 heterocycles. The molecule has 0 bridgehead atoms. The van der Waals surface area contributed by atoms with Gasteiger partial charge in [-0.25, -0.2) is 4.98 Å². The van der Waals surface area contributed by atoms with E-state index in [4.69, 9.17) is 0 Å². The van der Waals surface area contributed by atoms with E-state index in [-0.39, 0.29) is 37.2 Å². The van der Waals surface area contributed by atoms with Crippen molar-refractivity contribution in [3.05, 3.63) is 23.4 Å². The van der Waals surface area contributed by atoms with E-state index >= 15 is 0 Å². The van der Waals surface area contributed by atoms with E-state index in [0.29, 0.717) is 17.8 Å². The number of aromatic nitrogens is 5.